The first-order chi connectivity index (χ1) is 16.0. The highest BCUT2D eigenvalue weighted by Gasteiger charge is 2.29. The van der Waals surface area contributed by atoms with Crippen LogP contribution < -0.4 is 10.5 Å². The van der Waals surface area contributed by atoms with Gasteiger partial charge in [0.05, 0.1) is 0 Å². The van der Waals surface area contributed by atoms with Gasteiger partial charge in [-0.15, -0.1) is 0 Å². The second kappa shape index (κ2) is 7.35. The lowest BCUT2D eigenvalue weighted by Gasteiger charge is -2.23. The highest BCUT2D eigenvalue weighted by Crippen LogP contribution is 2.36. The number of aromatic nitrogens is 4. The summed E-state index contributed by atoms with van der Waals surface area (Å²) in [5, 5.41) is 2.57. The van der Waals surface area contributed by atoms with Crippen LogP contribution >= 0.6 is 12.2 Å². The minimum Gasteiger partial charge on any atom is -0.309 e. The van der Waals surface area contributed by atoms with E-state index in [1.54, 1.807) is 0 Å². The van der Waals surface area contributed by atoms with Crippen LogP contribution in [0.3, 0.4) is 0 Å². The van der Waals surface area contributed by atoms with Crippen LogP contribution in [0.2, 0.25) is 0 Å². The number of rotatable bonds is 2. The number of benzene rings is 3. The van der Waals surface area contributed by atoms with Crippen molar-refractivity contribution in [3.05, 3.63) is 93.1 Å². The van der Waals surface area contributed by atoms with Gasteiger partial charge in [-0.25, -0.2) is 4.98 Å². The van der Waals surface area contributed by atoms with E-state index in [0.717, 1.165) is 28.6 Å². The molecule has 1 aliphatic rings. The van der Waals surface area contributed by atoms with Gasteiger partial charge in [0.15, 0.2) is 5.65 Å². The molecule has 0 radical (unpaired) electrons. The smallest absolute Gasteiger partial charge is 0.264 e. The van der Waals surface area contributed by atoms with Crippen molar-refractivity contribution in [3.8, 4) is 5.69 Å². The summed E-state index contributed by atoms with van der Waals surface area (Å²) in [6.07, 6.45) is 0.896. The number of fused-ring (bicyclic) bond motifs is 3. The molecule has 0 spiro atoms. The van der Waals surface area contributed by atoms with E-state index in [2.05, 4.69) is 47.1 Å². The third-order valence-corrected chi connectivity index (χ3v) is 6.71. The Balaban J connectivity index is 1.54. The van der Waals surface area contributed by atoms with Gasteiger partial charge in [-0.05, 0) is 54.8 Å². The molecule has 162 valence electrons. The molecule has 33 heavy (non-hydrogen) atoms. The maximum Gasteiger partial charge on any atom is 0.264 e. The van der Waals surface area contributed by atoms with Gasteiger partial charge < -0.3 is 4.90 Å². The molecule has 5 aromatic rings. The topological polar surface area (TPSA) is 66.8 Å². The summed E-state index contributed by atoms with van der Waals surface area (Å²) in [7, 11) is 0. The molecule has 6 nitrogen and oxygen atoms in total. The Labute approximate surface area is 195 Å². The first-order valence-corrected chi connectivity index (χ1v) is 11.3. The molecule has 0 amide bonds. The quantitative estimate of drug-likeness (QED) is 0.365. The van der Waals surface area contributed by atoms with E-state index in [9.17, 15) is 4.79 Å². The number of aromatic amines is 1. The Hall–Kier alpha value is -3.84. The van der Waals surface area contributed by atoms with Crippen molar-refractivity contribution < 1.29 is 0 Å². The minimum atomic E-state index is -0.279. The maximum absolute atomic E-state index is 13.3. The Kier molecular flexibility index (Phi) is 4.41. The van der Waals surface area contributed by atoms with Gasteiger partial charge in [-0.2, -0.15) is 4.98 Å². The second-order valence-electron chi connectivity index (χ2n) is 8.47. The molecule has 0 saturated heterocycles. The Morgan fingerprint density at radius 1 is 1.00 bits per heavy atom. The van der Waals surface area contributed by atoms with Gasteiger partial charge >= 0.3 is 0 Å². The number of nitrogens with one attached hydrogen (secondary N) is 1. The van der Waals surface area contributed by atoms with Gasteiger partial charge in [0, 0.05) is 17.4 Å². The van der Waals surface area contributed by atoms with Gasteiger partial charge in [-0.3, -0.25) is 14.3 Å². The molecule has 3 heterocycles. The predicted octanol–water partition coefficient (Wildman–Crippen LogP) is 5.38. The monoisotopic (exact) mass is 451 g/mol. The minimum absolute atomic E-state index is 0.179. The molecular formula is C26H21N5OS. The van der Waals surface area contributed by atoms with E-state index in [-0.39, 0.29) is 11.6 Å². The number of hydrogen-bond donors (Lipinski definition) is 1. The fourth-order valence-corrected chi connectivity index (χ4v) is 5.23. The summed E-state index contributed by atoms with van der Waals surface area (Å²) in [4.78, 5) is 27.8. The highest BCUT2D eigenvalue weighted by atomic mass is 32.1. The van der Waals surface area contributed by atoms with Crippen molar-refractivity contribution in [2.24, 2.45) is 0 Å². The lowest BCUT2D eigenvalue weighted by molar-refractivity contribution is 0.739. The van der Waals surface area contributed by atoms with Gasteiger partial charge in [-0.1, -0.05) is 60.7 Å². The molecule has 0 bridgehead atoms. The molecule has 0 unspecified atom stereocenters. The molecular weight excluding hydrogens is 430 g/mol. The zero-order valence-corrected chi connectivity index (χ0v) is 19.1. The SMILES string of the molecule is Cc1nc2nc(N3c4ccccc4C[C@@H]3C)[nH]c(=O)c2c(=S)n1-c1ccc2ccccc2c1. The van der Waals surface area contributed by atoms with E-state index < -0.39 is 0 Å². The molecule has 1 aliphatic heterocycles. The van der Waals surface area contributed by atoms with Crippen LogP contribution in [-0.4, -0.2) is 25.6 Å². The Bertz CT molecular complexity index is 1690. The fraction of sp³-hybridized carbons (Fsp3) is 0.154. The van der Waals surface area contributed by atoms with Crippen LogP contribution in [-0.2, 0) is 6.42 Å². The van der Waals surface area contributed by atoms with Crippen molar-refractivity contribution in [3.63, 3.8) is 0 Å². The normalized spacial score (nSPS) is 15.3. The van der Waals surface area contributed by atoms with Crippen LogP contribution in [0.25, 0.3) is 27.5 Å². The largest absolute Gasteiger partial charge is 0.309 e. The van der Waals surface area contributed by atoms with E-state index in [1.165, 1.54) is 5.56 Å². The van der Waals surface area contributed by atoms with Crippen LogP contribution in [0, 0.1) is 11.6 Å². The fourth-order valence-electron chi connectivity index (χ4n) is 4.81. The molecule has 7 heteroatoms. The summed E-state index contributed by atoms with van der Waals surface area (Å²) in [6, 6.07) is 22.6. The first kappa shape index (κ1) is 19.8. The predicted molar refractivity (Wildman–Crippen MR) is 134 cm³/mol. The van der Waals surface area contributed by atoms with Crippen molar-refractivity contribution in [1.82, 2.24) is 19.5 Å². The molecule has 6 rings (SSSR count). The third kappa shape index (κ3) is 3.08. The van der Waals surface area contributed by atoms with E-state index in [0.29, 0.717) is 27.4 Å². The molecule has 0 aliphatic carbocycles. The molecule has 1 N–H and O–H groups in total. The van der Waals surface area contributed by atoms with Crippen molar-refractivity contribution in [2.75, 3.05) is 4.90 Å². The van der Waals surface area contributed by atoms with Crippen molar-refractivity contribution in [1.29, 1.82) is 0 Å². The molecule has 0 saturated carbocycles. The summed E-state index contributed by atoms with van der Waals surface area (Å²) in [5.74, 6) is 1.18. The molecule has 0 fully saturated rings. The maximum atomic E-state index is 13.3. The van der Waals surface area contributed by atoms with Gasteiger partial charge in [0.2, 0.25) is 5.95 Å². The summed E-state index contributed by atoms with van der Waals surface area (Å²) in [5.41, 5.74) is 3.26. The zero-order chi connectivity index (χ0) is 22.7. The van der Waals surface area contributed by atoms with E-state index >= 15 is 0 Å². The number of nitrogens with zero attached hydrogens (tertiary/aromatic N) is 4. The third-order valence-electron chi connectivity index (χ3n) is 6.32. The summed E-state index contributed by atoms with van der Waals surface area (Å²) in [6.45, 7) is 4.01. The number of hydrogen-bond acceptors (Lipinski definition) is 5. The molecule has 1 atom stereocenters. The molecule has 2 aromatic heterocycles. The average Bonchev–Trinajstić information content (AvgIpc) is 3.14. The van der Waals surface area contributed by atoms with Crippen LogP contribution in [0.5, 0.6) is 0 Å². The first-order valence-electron chi connectivity index (χ1n) is 10.9. The lowest BCUT2D eigenvalue weighted by atomic mass is 10.1. The summed E-state index contributed by atoms with van der Waals surface area (Å²) >= 11 is 5.79. The number of anilines is 2. The van der Waals surface area contributed by atoms with Crippen LogP contribution in [0.15, 0.2) is 71.5 Å². The molecule has 3 aromatic carbocycles. The lowest BCUT2D eigenvalue weighted by Crippen LogP contribution is -2.28. The van der Waals surface area contributed by atoms with Crippen molar-refractivity contribution in [2.45, 2.75) is 26.3 Å². The van der Waals surface area contributed by atoms with Crippen molar-refractivity contribution >= 4 is 45.7 Å². The van der Waals surface area contributed by atoms with E-state index in [4.69, 9.17) is 22.2 Å². The highest BCUT2D eigenvalue weighted by molar-refractivity contribution is 7.71. The summed E-state index contributed by atoms with van der Waals surface area (Å²) < 4.78 is 2.25. The van der Waals surface area contributed by atoms with E-state index in [1.807, 2.05) is 47.9 Å². The number of para-hydroxylation sites is 1. The van der Waals surface area contributed by atoms with Crippen LogP contribution in [0.1, 0.15) is 18.3 Å². The van der Waals surface area contributed by atoms with Gasteiger partial charge in [0.25, 0.3) is 5.56 Å². The van der Waals surface area contributed by atoms with Crippen LogP contribution in [0.4, 0.5) is 11.6 Å². The second-order valence-corrected chi connectivity index (χ2v) is 8.86. The number of aryl methyl sites for hydroxylation is 1. The standard InChI is InChI=1S/C26H21N5OS/c1-15-13-19-9-5-6-10-21(19)30(15)26-28-23-22(24(32)29-26)25(33)31(16(2)27-23)20-12-11-17-7-3-4-8-18(17)14-20/h3-12,14-15H,13H2,1-2H3,(H,28,29,32)/t15-/m0/s1. The zero-order valence-electron chi connectivity index (χ0n) is 18.2. The van der Waals surface area contributed by atoms with Gasteiger partial charge in [0.1, 0.15) is 15.9 Å². The Morgan fingerprint density at radius 2 is 1.76 bits per heavy atom. The number of H-pyrrole nitrogens is 1. The Morgan fingerprint density at radius 3 is 2.61 bits per heavy atom. The average molecular weight is 452 g/mol.